The van der Waals surface area contributed by atoms with Gasteiger partial charge < -0.3 is 10.2 Å². The second kappa shape index (κ2) is 7.86. The standard InChI is InChI=1S/C18H28N4O/c1-22-9-5-6-14(13-22)10-16-11-20-17(12-19-16)18(23)21-15-7-3-2-4-8-15/h11-12,14-15H,2-10,13H2,1H3,(H,21,23)/t14-/m0/s1. The Hall–Kier alpha value is -1.49. The third-order valence-corrected chi connectivity index (χ3v) is 5.10. The number of nitrogens with zero attached hydrogens (tertiary/aromatic N) is 3. The fourth-order valence-corrected chi connectivity index (χ4v) is 3.82. The maximum Gasteiger partial charge on any atom is 0.271 e. The third kappa shape index (κ3) is 4.74. The van der Waals surface area contributed by atoms with Crippen molar-refractivity contribution in [3.05, 3.63) is 23.8 Å². The van der Waals surface area contributed by atoms with Crippen molar-refractivity contribution in [2.75, 3.05) is 20.1 Å². The number of rotatable bonds is 4. The van der Waals surface area contributed by atoms with E-state index in [1.807, 2.05) is 0 Å². The molecule has 0 aromatic carbocycles. The SMILES string of the molecule is CN1CCC[C@@H](Cc2cnc(C(=O)NC3CCCCC3)cn2)C1. The monoisotopic (exact) mass is 316 g/mol. The van der Waals surface area contributed by atoms with Crippen LogP contribution >= 0.6 is 0 Å². The highest BCUT2D eigenvalue weighted by molar-refractivity contribution is 5.92. The van der Waals surface area contributed by atoms with Crippen molar-refractivity contribution in [3.63, 3.8) is 0 Å². The summed E-state index contributed by atoms with van der Waals surface area (Å²) in [5, 5.41) is 3.09. The predicted molar refractivity (Wildman–Crippen MR) is 90.3 cm³/mol. The van der Waals surface area contributed by atoms with Gasteiger partial charge in [-0.1, -0.05) is 19.3 Å². The van der Waals surface area contributed by atoms with E-state index in [4.69, 9.17) is 0 Å². The molecule has 5 nitrogen and oxygen atoms in total. The van der Waals surface area contributed by atoms with Gasteiger partial charge in [0.2, 0.25) is 0 Å². The molecule has 1 amide bonds. The molecule has 1 N–H and O–H groups in total. The first-order valence-corrected chi connectivity index (χ1v) is 9.01. The molecule has 0 unspecified atom stereocenters. The molecule has 126 valence electrons. The minimum atomic E-state index is -0.0756. The van der Waals surface area contributed by atoms with Gasteiger partial charge in [-0.2, -0.15) is 0 Å². The smallest absolute Gasteiger partial charge is 0.271 e. The summed E-state index contributed by atoms with van der Waals surface area (Å²) in [7, 11) is 2.18. The second-order valence-corrected chi connectivity index (χ2v) is 7.18. The number of carbonyl (C=O) groups excluding carboxylic acids is 1. The summed E-state index contributed by atoms with van der Waals surface area (Å²) in [6.45, 7) is 2.33. The van der Waals surface area contributed by atoms with Gasteiger partial charge in [0.1, 0.15) is 5.69 Å². The molecular formula is C18H28N4O. The molecule has 1 saturated carbocycles. The van der Waals surface area contributed by atoms with Crippen LogP contribution in [-0.4, -0.2) is 47.0 Å². The van der Waals surface area contributed by atoms with Crippen LogP contribution in [0.15, 0.2) is 12.4 Å². The lowest BCUT2D eigenvalue weighted by Gasteiger charge is -2.29. The number of hydrogen-bond donors (Lipinski definition) is 1. The van der Waals surface area contributed by atoms with Crippen molar-refractivity contribution < 1.29 is 4.79 Å². The fourth-order valence-electron chi connectivity index (χ4n) is 3.82. The molecule has 2 aliphatic rings. The lowest BCUT2D eigenvalue weighted by atomic mass is 9.94. The Bertz CT molecular complexity index is 510. The molecule has 1 atom stereocenters. The second-order valence-electron chi connectivity index (χ2n) is 7.18. The van der Waals surface area contributed by atoms with Gasteiger partial charge in [-0.05, 0) is 51.6 Å². The van der Waals surface area contributed by atoms with Gasteiger partial charge in [-0.15, -0.1) is 0 Å². The summed E-state index contributed by atoms with van der Waals surface area (Å²) in [5.41, 5.74) is 1.44. The Labute approximate surface area is 138 Å². The molecule has 1 aliphatic carbocycles. The number of likely N-dealkylation sites (tertiary alicyclic amines) is 1. The Morgan fingerprint density at radius 3 is 2.70 bits per heavy atom. The zero-order valence-corrected chi connectivity index (χ0v) is 14.1. The Morgan fingerprint density at radius 2 is 2.00 bits per heavy atom. The van der Waals surface area contributed by atoms with Gasteiger partial charge in [0.15, 0.2) is 0 Å². The number of amides is 1. The summed E-state index contributed by atoms with van der Waals surface area (Å²) in [5.74, 6) is 0.582. The van der Waals surface area contributed by atoms with Crippen molar-refractivity contribution in [2.45, 2.75) is 57.4 Å². The molecule has 1 aliphatic heterocycles. The van der Waals surface area contributed by atoms with Crippen LogP contribution in [0.3, 0.4) is 0 Å². The van der Waals surface area contributed by atoms with E-state index in [1.165, 1.54) is 38.6 Å². The summed E-state index contributed by atoms with van der Waals surface area (Å²) >= 11 is 0. The molecule has 3 rings (SSSR count). The third-order valence-electron chi connectivity index (χ3n) is 5.10. The van der Waals surface area contributed by atoms with E-state index < -0.39 is 0 Å². The summed E-state index contributed by atoms with van der Waals surface area (Å²) in [4.78, 5) is 23.4. The molecule has 0 radical (unpaired) electrons. The van der Waals surface area contributed by atoms with Crippen LogP contribution in [0.1, 0.15) is 61.1 Å². The van der Waals surface area contributed by atoms with Crippen molar-refractivity contribution in [2.24, 2.45) is 5.92 Å². The fraction of sp³-hybridized carbons (Fsp3) is 0.722. The van der Waals surface area contributed by atoms with Gasteiger partial charge in [0.05, 0.1) is 11.9 Å². The lowest BCUT2D eigenvalue weighted by molar-refractivity contribution is 0.0922. The van der Waals surface area contributed by atoms with E-state index in [2.05, 4.69) is 27.2 Å². The maximum absolute atomic E-state index is 12.2. The average molecular weight is 316 g/mol. The Kier molecular flexibility index (Phi) is 5.60. The average Bonchev–Trinajstić information content (AvgIpc) is 2.56. The number of carbonyl (C=O) groups is 1. The summed E-state index contributed by atoms with van der Waals surface area (Å²) in [6, 6.07) is 0.315. The quantitative estimate of drug-likeness (QED) is 0.927. The lowest BCUT2D eigenvalue weighted by Crippen LogP contribution is -2.36. The van der Waals surface area contributed by atoms with E-state index >= 15 is 0 Å². The first-order valence-electron chi connectivity index (χ1n) is 9.01. The first kappa shape index (κ1) is 16.4. The van der Waals surface area contributed by atoms with Crippen LogP contribution in [0, 0.1) is 5.92 Å². The maximum atomic E-state index is 12.2. The zero-order chi connectivity index (χ0) is 16.1. The number of hydrogen-bond acceptors (Lipinski definition) is 4. The van der Waals surface area contributed by atoms with Gasteiger partial charge in [-0.3, -0.25) is 9.78 Å². The minimum absolute atomic E-state index is 0.0756. The highest BCUT2D eigenvalue weighted by atomic mass is 16.1. The molecule has 5 heteroatoms. The van der Waals surface area contributed by atoms with E-state index in [0.717, 1.165) is 31.5 Å². The van der Waals surface area contributed by atoms with Gasteiger partial charge in [0.25, 0.3) is 5.91 Å². The molecule has 2 heterocycles. The van der Waals surface area contributed by atoms with Crippen LogP contribution in [0.2, 0.25) is 0 Å². The van der Waals surface area contributed by atoms with Gasteiger partial charge in [-0.25, -0.2) is 4.98 Å². The van der Waals surface area contributed by atoms with Crippen molar-refractivity contribution in [3.8, 4) is 0 Å². The van der Waals surface area contributed by atoms with Crippen molar-refractivity contribution in [1.29, 1.82) is 0 Å². The largest absolute Gasteiger partial charge is 0.348 e. The van der Waals surface area contributed by atoms with Crippen molar-refractivity contribution in [1.82, 2.24) is 20.2 Å². The van der Waals surface area contributed by atoms with E-state index in [0.29, 0.717) is 17.7 Å². The number of nitrogens with one attached hydrogen (secondary N) is 1. The van der Waals surface area contributed by atoms with E-state index in [1.54, 1.807) is 12.4 Å². The van der Waals surface area contributed by atoms with Crippen LogP contribution in [0.25, 0.3) is 0 Å². The Balaban J connectivity index is 1.52. The van der Waals surface area contributed by atoms with Crippen LogP contribution < -0.4 is 5.32 Å². The topological polar surface area (TPSA) is 58.1 Å². The normalized spacial score (nSPS) is 23.6. The summed E-state index contributed by atoms with van der Waals surface area (Å²) in [6.07, 6.45) is 12.8. The molecule has 1 saturated heterocycles. The first-order chi connectivity index (χ1) is 11.2. The molecule has 1 aromatic rings. The van der Waals surface area contributed by atoms with E-state index in [-0.39, 0.29) is 5.91 Å². The van der Waals surface area contributed by atoms with Gasteiger partial charge >= 0.3 is 0 Å². The number of aromatic nitrogens is 2. The molecule has 1 aromatic heterocycles. The van der Waals surface area contributed by atoms with Crippen molar-refractivity contribution >= 4 is 5.91 Å². The Morgan fingerprint density at radius 1 is 1.17 bits per heavy atom. The number of piperidine rings is 1. The highest BCUT2D eigenvalue weighted by Crippen LogP contribution is 2.19. The predicted octanol–water partition coefficient (Wildman–Crippen LogP) is 2.42. The summed E-state index contributed by atoms with van der Waals surface area (Å²) < 4.78 is 0. The van der Waals surface area contributed by atoms with Crippen LogP contribution in [0.5, 0.6) is 0 Å². The van der Waals surface area contributed by atoms with Crippen LogP contribution in [-0.2, 0) is 6.42 Å². The molecule has 23 heavy (non-hydrogen) atoms. The minimum Gasteiger partial charge on any atom is -0.348 e. The van der Waals surface area contributed by atoms with E-state index in [9.17, 15) is 4.79 Å². The molecule has 0 spiro atoms. The van der Waals surface area contributed by atoms with Gasteiger partial charge in [0, 0.05) is 18.8 Å². The zero-order valence-electron chi connectivity index (χ0n) is 14.1. The molecule has 0 bridgehead atoms. The highest BCUT2D eigenvalue weighted by Gasteiger charge is 2.20. The van der Waals surface area contributed by atoms with Crippen LogP contribution in [0.4, 0.5) is 0 Å². The molecular weight excluding hydrogens is 288 g/mol. The molecule has 2 fully saturated rings.